The van der Waals surface area contributed by atoms with Crippen LogP contribution in [-0.4, -0.2) is 31.8 Å². The summed E-state index contributed by atoms with van der Waals surface area (Å²) in [7, 11) is 0. The van der Waals surface area contributed by atoms with Gasteiger partial charge in [0.15, 0.2) is 0 Å². The molecule has 1 aromatic heterocycles. The zero-order valence-corrected chi connectivity index (χ0v) is 14.5. The number of hydrogen-bond donors (Lipinski definition) is 1. The van der Waals surface area contributed by atoms with Crippen molar-refractivity contribution in [3.63, 3.8) is 0 Å². The first-order valence-corrected chi connectivity index (χ1v) is 8.38. The first-order chi connectivity index (χ1) is 13.6. The second-order valence-electron chi connectivity index (χ2n) is 6.02. The van der Waals surface area contributed by atoms with Crippen LogP contribution in [0.3, 0.4) is 0 Å². The Bertz CT molecular complexity index is 1180. The maximum absolute atomic E-state index is 12.0. The molecule has 0 aliphatic heterocycles. The van der Waals surface area contributed by atoms with Crippen molar-refractivity contribution in [1.82, 2.24) is 20.2 Å². The molecule has 1 heterocycles. The molecule has 0 spiro atoms. The lowest BCUT2D eigenvalue weighted by Crippen LogP contribution is -2.23. The van der Waals surface area contributed by atoms with E-state index in [4.69, 9.17) is 0 Å². The average Bonchev–Trinajstić information content (AvgIpc) is 3.16. The zero-order valence-electron chi connectivity index (χ0n) is 14.5. The molecule has 1 amide bonds. The molecule has 0 aliphatic carbocycles. The van der Waals surface area contributed by atoms with Crippen LogP contribution in [0.2, 0.25) is 0 Å². The van der Waals surface area contributed by atoms with Crippen LogP contribution in [0.4, 0.5) is 5.95 Å². The highest BCUT2D eigenvalue weighted by atomic mass is 16.6. The minimum atomic E-state index is -0.724. The number of nitrogens with one attached hydrogen (secondary N) is 1. The predicted molar refractivity (Wildman–Crippen MR) is 104 cm³/mol. The molecule has 1 N–H and O–H groups in total. The van der Waals surface area contributed by atoms with E-state index in [0.29, 0.717) is 0 Å². The Hall–Kier alpha value is -4.14. The summed E-state index contributed by atoms with van der Waals surface area (Å²) in [5.74, 6) is -1.03. The van der Waals surface area contributed by atoms with Crippen molar-refractivity contribution >= 4 is 39.6 Å². The van der Waals surface area contributed by atoms with Gasteiger partial charge in [0.2, 0.25) is 6.33 Å². The van der Waals surface area contributed by atoms with Gasteiger partial charge in [0, 0.05) is 10.7 Å². The summed E-state index contributed by atoms with van der Waals surface area (Å²) >= 11 is 0. The van der Waals surface area contributed by atoms with Gasteiger partial charge in [-0.2, -0.15) is 9.78 Å². The monoisotopic (exact) mass is 374 g/mol. The van der Waals surface area contributed by atoms with E-state index in [9.17, 15) is 14.9 Å². The topological polar surface area (TPSA) is 115 Å². The zero-order chi connectivity index (χ0) is 19.5. The first kappa shape index (κ1) is 17.3. The number of carbonyl (C=O) groups is 1. The van der Waals surface area contributed by atoms with Gasteiger partial charge in [-0.3, -0.25) is 4.79 Å². The van der Waals surface area contributed by atoms with E-state index in [1.54, 1.807) is 6.21 Å². The molecule has 0 atom stereocenters. The predicted octanol–water partition coefficient (Wildman–Crippen LogP) is 2.64. The van der Waals surface area contributed by atoms with Gasteiger partial charge in [0.25, 0.3) is 5.91 Å². The molecular weight excluding hydrogens is 360 g/mol. The molecule has 9 heteroatoms. The fraction of sp³-hybridized carbons (Fsp3) is 0.0526. The number of benzene rings is 3. The van der Waals surface area contributed by atoms with Gasteiger partial charge in [-0.1, -0.05) is 53.5 Å². The molecule has 0 radical (unpaired) electrons. The number of amides is 1. The molecule has 28 heavy (non-hydrogen) atoms. The average molecular weight is 374 g/mol. The lowest BCUT2D eigenvalue weighted by Gasteiger charge is -2.07. The number of hydrogen-bond acceptors (Lipinski definition) is 6. The largest absolute Gasteiger partial charge is 0.490 e. The molecule has 0 unspecified atom stereocenters. The van der Waals surface area contributed by atoms with Crippen LogP contribution < -0.4 is 5.43 Å². The molecule has 0 saturated heterocycles. The van der Waals surface area contributed by atoms with Gasteiger partial charge in [-0.15, -0.1) is 0 Å². The van der Waals surface area contributed by atoms with Crippen LogP contribution in [0.5, 0.6) is 0 Å². The number of nitrogens with zero attached hydrogens (tertiary/aromatic N) is 5. The number of fused-ring (bicyclic) bond motifs is 2. The smallest absolute Gasteiger partial charge is 0.390 e. The molecule has 3 aromatic carbocycles. The summed E-state index contributed by atoms with van der Waals surface area (Å²) < 4.78 is 1.08. The molecule has 0 bridgehead atoms. The van der Waals surface area contributed by atoms with Crippen LogP contribution in [0, 0.1) is 10.1 Å². The molecular formula is C19H14N6O3. The Morgan fingerprint density at radius 1 is 1.14 bits per heavy atom. The highest BCUT2D eigenvalue weighted by molar-refractivity contribution is 6.13. The Morgan fingerprint density at radius 2 is 1.79 bits per heavy atom. The molecule has 0 aliphatic rings. The molecule has 0 fully saturated rings. The van der Waals surface area contributed by atoms with Crippen molar-refractivity contribution in [2.75, 3.05) is 0 Å². The van der Waals surface area contributed by atoms with Gasteiger partial charge in [-0.05, 0) is 32.5 Å². The van der Waals surface area contributed by atoms with E-state index in [1.165, 1.54) is 0 Å². The van der Waals surface area contributed by atoms with Crippen LogP contribution >= 0.6 is 0 Å². The van der Waals surface area contributed by atoms with Crippen molar-refractivity contribution in [3.05, 3.63) is 76.6 Å². The Morgan fingerprint density at radius 3 is 2.39 bits per heavy atom. The van der Waals surface area contributed by atoms with Gasteiger partial charge in [0.1, 0.15) is 6.54 Å². The molecule has 138 valence electrons. The van der Waals surface area contributed by atoms with E-state index >= 15 is 0 Å². The van der Waals surface area contributed by atoms with Gasteiger partial charge in [0.05, 0.1) is 6.21 Å². The van der Waals surface area contributed by atoms with Gasteiger partial charge in [-0.25, -0.2) is 5.43 Å². The second kappa shape index (κ2) is 7.23. The third-order valence-corrected chi connectivity index (χ3v) is 4.19. The molecule has 0 saturated carbocycles. The summed E-state index contributed by atoms with van der Waals surface area (Å²) in [4.78, 5) is 25.4. The quantitative estimate of drug-likeness (QED) is 0.249. The fourth-order valence-electron chi connectivity index (χ4n) is 2.98. The van der Waals surface area contributed by atoms with Crippen molar-refractivity contribution in [3.8, 4) is 0 Å². The van der Waals surface area contributed by atoms with E-state index in [-0.39, 0.29) is 6.54 Å². The summed E-state index contributed by atoms with van der Waals surface area (Å²) in [6, 6.07) is 18.0. The number of aromatic nitrogens is 3. The molecule has 4 aromatic rings. The summed E-state index contributed by atoms with van der Waals surface area (Å²) in [5.41, 5.74) is 3.31. The third kappa shape index (κ3) is 3.40. The van der Waals surface area contributed by atoms with Crippen molar-refractivity contribution in [2.45, 2.75) is 6.54 Å². The minimum absolute atomic E-state index is 0.228. The summed E-state index contributed by atoms with van der Waals surface area (Å²) in [5, 5.41) is 22.4. The van der Waals surface area contributed by atoms with Gasteiger partial charge < -0.3 is 10.1 Å². The van der Waals surface area contributed by atoms with E-state index in [2.05, 4.69) is 26.7 Å². The Labute approximate surface area is 158 Å². The maximum atomic E-state index is 12.0. The SMILES string of the molecule is O=C(Cn1cnc([N+](=O)[O-])n1)N/N=C/c1c2ccccc2cc2ccccc12. The maximum Gasteiger partial charge on any atom is 0.490 e. The number of rotatable bonds is 5. The van der Waals surface area contributed by atoms with E-state index < -0.39 is 16.8 Å². The Balaban J connectivity index is 1.57. The highest BCUT2D eigenvalue weighted by Crippen LogP contribution is 2.27. The van der Waals surface area contributed by atoms with E-state index in [1.807, 2.05) is 48.5 Å². The molecule has 4 rings (SSSR count). The minimum Gasteiger partial charge on any atom is -0.390 e. The van der Waals surface area contributed by atoms with E-state index in [0.717, 1.165) is 38.1 Å². The molecule has 9 nitrogen and oxygen atoms in total. The van der Waals surface area contributed by atoms with Crippen LogP contribution in [-0.2, 0) is 11.3 Å². The normalized spacial score (nSPS) is 11.3. The van der Waals surface area contributed by atoms with Crippen LogP contribution in [0.15, 0.2) is 66.0 Å². The summed E-state index contributed by atoms with van der Waals surface area (Å²) in [6.45, 7) is -0.228. The highest BCUT2D eigenvalue weighted by Gasteiger charge is 2.15. The number of nitro groups is 1. The fourth-order valence-corrected chi connectivity index (χ4v) is 2.98. The van der Waals surface area contributed by atoms with Crippen LogP contribution in [0.1, 0.15) is 5.56 Å². The van der Waals surface area contributed by atoms with Crippen LogP contribution in [0.25, 0.3) is 21.5 Å². The summed E-state index contributed by atoms with van der Waals surface area (Å²) in [6.07, 6.45) is 2.73. The first-order valence-electron chi connectivity index (χ1n) is 8.38. The number of carbonyl (C=O) groups excluding carboxylic acids is 1. The standard InChI is InChI=1S/C19H14N6O3/c26-18(11-24-12-20-19(23-24)25(27)28)22-21-10-17-15-7-3-1-5-13(15)9-14-6-2-4-8-16(14)17/h1-10,12H,11H2,(H,22,26)/b21-10+. The second-order valence-corrected chi connectivity index (χ2v) is 6.02. The van der Waals surface area contributed by atoms with Crippen molar-refractivity contribution in [1.29, 1.82) is 0 Å². The third-order valence-electron chi connectivity index (χ3n) is 4.19. The number of hydrazone groups is 1. The van der Waals surface area contributed by atoms with Gasteiger partial charge >= 0.3 is 5.95 Å². The lowest BCUT2D eigenvalue weighted by atomic mass is 9.97. The Kier molecular flexibility index (Phi) is 4.47. The van der Waals surface area contributed by atoms with Crippen molar-refractivity contribution < 1.29 is 9.72 Å². The van der Waals surface area contributed by atoms with Crippen molar-refractivity contribution in [2.24, 2.45) is 5.10 Å². The lowest BCUT2D eigenvalue weighted by molar-refractivity contribution is -0.394.